The van der Waals surface area contributed by atoms with Crippen LogP contribution in [0.25, 0.3) is 44.8 Å². The zero-order chi connectivity index (χ0) is 27.4. The van der Waals surface area contributed by atoms with Crippen molar-refractivity contribution in [2.24, 2.45) is 0 Å². The van der Waals surface area contributed by atoms with E-state index in [0.717, 1.165) is 11.1 Å². The van der Waals surface area contributed by atoms with E-state index in [1.54, 1.807) is 21.8 Å². The summed E-state index contributed by atoms with van der Waals surface area (Å²) in [6, 6.07) is 7.87. The van der Waals surface area contributed by atoms with Gasteiger partial charge in [-0.3, -0.25) is 29.8 Å². The highest BCUT2D eigenvalue weighted by molar-refractivity contribution is 5.89. The molecule has 7 rings (SSSR count). The lowest BCUT2D eigenvalue weighted by molar-refractivity contribution is 0.643. The van der Waals surface area contributed by atoms with E-state index in [4.69, 9.17) is 11.5 Å². The maximum absolute atomic E-state index is 12.3. The molecule has 0 amide bonds. The highest BCUT2D eigenvalue weighted by atomic mass is 16.1. The second-order valence-electron chi connectivity index (χ2n) is 8.92. The molecule has 6 heterocycles. The van der Waals surface area contributed by atoms with Gasteiger partial charge in [0.15, 0.2) is 11.3 Å². The lowest BCUT2D eigenvalue weighted by Crippen LogP contribution is -2.10. The van der Waals surface area contributed by atoms with E-state index in [1.165, 1.54) is 0 Å². The molecule has 40 heavy (non-hydrogen) atoms. The fraction of sp³-hybridized carbons (Fsp3) is 0.0909. The van der Waals surface area contributed by atoms with Crippen molar-refractivity contribution in [3.63, 3.8) is 0 Å². The number of rotatable bonds is 6. The number of H-pyrrole nitrogens is 4. The highest BCUT2D eigenvalue weighted by Gasteiger charge is 2.18. The Kier molecular flexibility index (Phi) is 4.98. The molecule has 6 aromatic heterocycles. The summed E-state index contributed by atoms with van der Waals surface area (Å²) in [4.78, 5) is 37.6. The number of hydrogen-bond donors (Lipinski definition) is 6. The first kappa shape index (κ1) is 23.0. The smallest absolute Gasteiger partial charge is 0.264 e. The van der Waals surface area contributed by atoms with Crippen LogP contribution in [0.5, 0.6) is 0 Å². The molecule has 0 fully saturated rings. The summed E-state index contributed by atoms with van der Waals surface area (Å²) in [6.07, 6.45) is 3.42. The van der Waals surface area contributed by atoms with Crippen molar-refractivity contribution in [2.75, 3.05) is 11.5 Å². The molecule has 0 atom stereocenters. The fourth-order valence-electron chi connectivity index (χ4n) is 4.37. The molecule has 0 spiro atoms. The first-order chi connectivity index (χ1) is 19.4. The number of benzene rings is 1. The summed E-state index contributed by atoms with van der Waals surface area (Å²) in [7, 11) is 0. The summed E-state index contributed by atoms with van der Waals surface area (Å²) in [5, 5.41) is 30.8. The predicted molar refractivity (Wildman–Crippen MR) is 141 cm³/mol. The second-order valence-corrected chi connectivity index (χ2v) is 8.92. The normalized spacial score (nSPS) is 11.6. The quantitative estimate of drug-likeness (QED) is 0.155. The molecule has 198 valence electrons. The monoisotopic (exact) mass is 538 g/mol. The third-order valence-corrected chi connectivity index (χ3v) is 6.19. The first-order valence-corrected chi connectivity index (χ1v) is 11.8. The zero-order valence-electron chi connectivity index (χ0n) is 20.3. The van der Waals surface area contributed by atoms with Crippen LogP contribution in [0.1, 0.15) is 11.1 Å². The van der Waals surface area contributed by atoms with Gasteiger partial charge in [-0.05, 0) is 11.1 Å². The van der Waals surface area contributed by atoms with E-state index >= 15 is 0 Å². The van der Waals surface area contributed by atoms with Crippen LogP contribution in [0.4, 0.5) is 11.9 Å². The molecule has 0 saturated heterocycles. The van der Waals surface area contributed by atoms with E-state index in [-0.39, 0.29) is 34.0 Å². The van der Waals surface area contributed by atoms with Gasteiger partial charge in [0.2, 0.25) is 11.9 Å². The Hall–Kier alpha value is -6.20. The predicted octanol–water partition coefficient (Wildman–Crippen LogP) is -0.616. The Balaban J connectivity index is 1.06. The molecule has 7 aromatic rings. The molecule has 0 radical (unpaired) electrons. The minimum atomic E-state index is -0.412. The molecule has 18 heteroatoms. The Morgan fingerprint density at radius 3 is 1.52 bits per heavy atom. The lowest BCUT2D eigenvalue weighted by atomic mass is 10.1. The molecule has 0 unspecified atom stereocenters. The molecule has 0 aliphatic rings. The SMILES string of the molecule is Nc1nc2n[nH]c(-c3cn(Cc4ccc(Cn5cc(-c6[nH]nc7nc(N)[nH]c(=O)c67)nn5)cc4)nn3)c2c(=O)[nH]1. The van der Waals surface area contributed by atoms with Crippen LogP contribution in [0.15, 0.2) is 46.2 Å². The van der Waals surface area contributed by atoms with Crippen molar-refractivity contribution in [2.45, 2.75) is 13.1 Å². The van der Waals surface area contributed by atoms with Gasteiger partial charge in [-0.15, -0.1) is 10.2 Å². The molecule has 0 aliphatic heterocycles. The minimum Gasteiger partial charge on any atom is -0.369 e. The van der Waals surface area contributed by atoms with E-state index in [9.17, 15) is 9.59 Å². The van der Waals surface area contributed by atoms with Crippen LogP contribution < -0.4 is 22.6 Å². The summed E-state index contributed by atoms with van der Waals surface area (Å²) in [5.41, 5.74) is 14.4. The lowest BCUT2D eigenvalue weighted by Gasteiger charge is -2.04. The standard InChI is InChI=1S/C22H18N16O2/c23-21-25-17-13(19(39)27-21)15(31-33-17)11-7-37(35-29-11)5-9-1-2-10(4-3-9)6-38-8-12(30-36-38)16-14-18(34-32-16)26-22(24)28-20(14)40/h1-4,7-8H,5-6H2,(H4,23,25,27,31,33,39)(H4,24,26,28,32,34,40). The number of fused-ring (bicyclic) bond motifs is 2. The van der Waals surface area contributed by atoms with Gasteiger partial charge < -0.3 is 11.5 Å². The van der Waals surface area contributed by atoms with E-state index < -0.39 is 11.1 Å². The number of nitrogens with one attached hydrogen (secondary N) is 4. The Morgan fingerprint density at radius 1 is 0.675 bits per heavy atom. The molecular formula is C22H18N16O2. The van der Waals surface area contributed by atoms with Gasteiger partial charge in [-0.25, -0.2) is 9.36 Å². The van der Waals surface area contributed by atoms with Gasteiger partial charge in [0.05, 0.1) is 25.5 Å². The number of aromatic nitrogens is 14. The molecular weight excluding hydrogens is 520 g/mol. The topological polar surface area (TPSA) is 262 Å². The van der Waals surface area contributed by atoms with E-state index in [0.29, 0.717) is 35.9 Å². The average Bonchev–Trinajstić information content (AvgIpc) is 3.71. The Bertz CT molecular complexity index is 1990. The largest absolute Gasteiger partial charge is 0.369 e. The molecule has 18 nitrogen and oxygen atoms in total. The van der Waals surface area contributed by atoms with Gasteiger partial charge in [0.1, 0.15) is 33.5 Å². The van der Waals surface area contributed by atoms with Crippen molar-refractivity contribution in [3.8, 4) is 22.8 Å². The highest BCUT2D eigenvalue weighted by Crippen LogP contribution is 2.22. The third kappa shape index (κ3) is 3.91. The van der Waals surface area contributed by atoms with Crippen molar-refractivity contribution >= 4 is 34.0 Å². The Labute approximate surface area is 220 Å². The van der Waals surface area contributed by atoms with Crippen molar-refractivity contribution in [3.05, 3.63) is 68.5 Å². The molecule has 1 aromatic carbocycles. The van der Waals surface area contributed by atoms with Gasteiger partial charge in [-0.2, -0.15) is 20.2 Å². The minimum absolute atomic E-state index is 0.0153. The van der Waals surface area contributed by atoms with E-state index in [2.05, 4.69) is 61.0 Å². The number of nitrogens with zero attached hydrogens (tertiary/aromatic N) is 10. The summed E-state index contributed by atoms with van der Waals surface area (Å²) in [6.45, 7) is 0.906. The summed E-state index contributed by atoms with van der Waals surface area (Å²) >= 11 is 0. The molecule has 0 aliphatic carbocycles. The van der Waals surface area contributed by atoms with Gasteiger partial charge >= 0.3 is 0 Å². The van der Waals surface area contributed by atoms with Crippen LogP contribution in [-0.4, -0.2) is 70.3 Å². The number of anilines is 2. The van der Waals surface area contributed by atoms with Crippen LogP contribution in [0, 0.1) is 0 Å². The van der Waals surface area contributed by atoms with Gasteiger partial charge in [-0.1, -0.05) is 34.7 Å². The van der Waals surface area contributed by atoms with Crippen molar-refractivity contribution < 1.29 is 0 Å². The van der Waals surface area contributed by atoms with Crippen molar-refractivity contribution in [1.82, 2.24) is 70.3 Å². The average molecular weight is 538 g/mol. The van der Waals surface area contributed by atoms with Crippen LogP contribution in [-0.2, 0) is 13.1 Å². The number of nitrogens with two attached hydrogens (primary N) is 2. The van der Waals surface area contributed by atoms with Crippen LogP contribution in [0.2, 0.25) is 0 Å². The second kappa shape index (κ2) is 8.68. The van der Waals surface area contributed by atoms with Gasteiger partial charge in [0.25, 0.3) is 11.1 Å². The number of aromatic amines is 4. The number of hydrogen-bond acceptors (Lipinski definition) is 12. The molecule has 0 bridgehead atoms. The maximum Gasteiger partial charge on any atom is 0.264 e. The summed E-state index contributed by atoms with van der Waals surface area (Å²) in [5.74, 6) is -0.0306. The Morgan fingerprint density at radius 2 is 1.10 bits per heavy atom. The van der Waals surface area contributed by atoms with Gasteiger partial charge in [0, 0.05) is 0 Å². The number of nitrogen functional groups attached to an aromatic ring is 2. The zero-order valence-corrected chi connectivity index (χ0v) is 20.3. The third-order valence-electron chi connectivity index (χ3n) is 6.19. The fourth-order valence-corrected chi connectivity index (χ4v) is 4.37. The van der Waals surface area contributed by atoms with Crippen LogP contribution >= 0.6 is 0 Å². The maximum atomic E-state index is 12.3. The van der Waals surface area contributed by atoms with Crippen LogP contribution in [0.3, 0.4) is 0 Å². The van der Waals surface area contributed by atoms with E-state index in [1.807, 2.05) is 24.3 Å². The first-order valence-electron chi connectivity index (χ1n) is 11.8. The van der Waals surface area contributed by atoms with Crippen molar-refractivity contribution in [1.29, 1.82) is 0 Å². The summed E-state index contributed by atoms with van der Waals surface area (Å²) < 4.78 is 3.30. The molecule has 8 N–H and O–H groups in total. The molecule has 0 saturated carbocycles.